The van der Waals surface area contributed by atoms with Gasteiger partial charge in [-0.2, -0.15) is 0 Å². The van der Waals surface area contributed by atoms with Gasteiger partial charge in [0.15, 0.2) is 0 Å². The number of methoxy groups -OCH3 is 1. The zero-order chi connectivity index (χ0) is 9.84. The van der Waals surface area contributed by atoms with Gasteiger partial charge < -0.3 is 15.2 Å². The van der Waals surface area contributed by atoms with E-state index >= 15 is 0 Å². The van der Waals surface area contributed by atoms with Crippen LogP contribution in [0.2, 0.25) is 0 Å². The van der Waals surface area contributed by atoms with Crippen LogP contribution in [0.5, 0.6) is 0 Å². The molecule has 1 unspecified atom stereocenters. The molecule has 0 bridgehead atoms. The maximum absolute atomic E-state index is 10.8. The third kappa shape index (κ3) is 3.42. The van der Waals surface area contributed by atoms with E-state index < -0.39 is 18.0 Å². The van der Waals surface area contributed by atoms with Gasteiger partial charge >= 0.3 is 11.9 Å². The number of ether oxygens (including phenoxy) is 1. The van der Waals surface area contributed by atoms with Crippen molar-refractivity contribution >= 4 is 11.9 Å². The van der Waals surface area contributed by atoms with E-state index in [-0.39, 0.29) is 12.5 Å². The van der Waals surface area contributed by atoms with Crippen LogP contribution in [0.25, 0.3) is 0 Å². The molecule has 13 heavy (non-hydrogen) atoms. The van der Waals surface area contributed by atoms with Crippen molar-refractivity contribution in [3.63, 3.8) is 0 Å². The van der Waals surface area contributed by atoms with Crippen molar-refractivity contribution in [3.05, 3.63) is 0 Å². The highest BCUT2D eigenvalue weighted by molar-refractivity contribution is 5.81. The van der Waals surface area contributed by atoms with E-state index in [4.69, 9.17) is 5.11 Å². The number of carbonyl (C=O) groups excluding carboxylic acids is 1. The number of esters is 1. The number of hydrogen-bond donors (Lipinski definition) is 2. The first-order chi connectivity index (χ1) is 6.13. The summed E-state index contributed by atoms with van der Waals surface area (Å²) in [5, 5.41) is 11.6. The molecule has 1 fully saturated rings. The molecule has 0 amide bonds. The number of carboxylic acid groups (broad SMARTS) is 1. The van der Waals surface area contributed by atoms with Crippen LogP contribution in [0.4, 0.5) is 0 Å². The van der Waals surface area contributed by atoms with E-state index in [0.717, 1.165) is 12.8 Å². The summed E-state index contributed by atoms with van der Waals surface area (Å²) in [6.45, 7) is 0. The maximum Gasteiger partial charge on any atom is 0.321 e. The highest BCUT2D eigenvalue weighted by atomic mass is 16.5. The second-order valence-electron chi connectivity index (χ2n) is 3.11. The summed E-state index contributed by atoms with van der Waals surface area (Å²) in [7, 11) is 1.25. The number of nitrogens with one attached hydrogen (secondary N) is 1. The second kappa shape index (κ2) is 4.23. The molecule has 1 saturated carbocycles. The number of aliphatic carboxylic acids is 1. The number of rotatable bonds is 5. The van der Waals surface area contributed by atoms with E-state index in [2.05, 4.69) is 10.1 Å². The summed E-state index contributed by atoms with van der Waals surface area (Å²) < 4.78 is 4.39. The van der Waals surface area contributed by atoms with E-state index in [1.807, 2.05) is 0 Å². The van der Waals surface area contributed by atoms with Gasteiger partial charge in [0.2, 0.25) is 0 Å². The Labute approximate surface area is 76.1 Å². The van der Waals surface area contributed by atoms with Gasteiger partial charge in [0, 0.05) is 6.04 Å². The van der Waals surface area contributed by atoms with Gasteiger partial charge in [-0.05, 0) is 12.8 Å². The first-order valence-electron chi connectivity index (χ1n) is 4.19. The lowest BCUT2D eigenvalue weighted by Gasteiger charge is -2.11. The quantitative estimate of drug-likeness (QED) is 0.581. The Kier molecular flexibility index (Phi) is 3.25. The molecular formula is C8H13NO4. The Morgan fingerprint density at radius 3 is 2.62 bits per heavy atom. The summed E-state index contributed by atoms with van der Waals surface area (Å²) in [6, 6.07) is -0.536. The van der Waals surface area contributed by atoms with Crippen LogP contribution in [-0.4, -0.2) is 36.2 Å². The molecule has 2 N–H and O–H groups in total. The van der Waals surface area contributed by atoms with Gasteiger partial charge in [-0.25, -0.2) is 0 Å². The van der Waals surface area contributed by atoms with Crippen LogP contribution in [-0.2, 0) is 14.3 Å². The fraction of sp³-hybridized carbons (Fsp3) is 0.750. The summed E-state index contributed by atoms with van der Waals surface area (Å²) in [6.07, 6.45) is 1.87. The molecular weight excluding hydrogens is 174 g/mol. The van der Waals surface area contributed by atoms with Crippen LogP contribution in [0, 0.1) is 0 Å². The monoisotopic (exact) mass is 187 g/mol. The SMILES string of the molecule is COC(=O)CC(NC1CC1)C(=O)O. The van der Waals surface area contributed by atoms with Gasteiger partial charge in [0.1, 0.15) is 6.04 Å². The van der Waals surface area contributed by atoms with Crippen molar-refractivity contribution in [1.29, 1.82) is 0 Å². The average Bonchev–Trinajstić information content (AvgIpc) is 2.86. The van der Waals surface area contributed by atoms with Crippen LogP contribution in [0.15, 0.2) is 0 Å². The highest BCUT2D eigenvalue weighted by Crippen LogP contribution is 2.20. The van der Waals surface area contributed by atoms with Gasteiger partial charge in [-0.15, -0.1) is 0 Å². The molecule has 1 atom stereocenters. The third-order valence-electron chi connectivity index (χ3n) is 1.91. The number of carbonyl (C=O) groups is 2. The van der Waals surface area contributed by atoms with Crippen LogP contribution in [0.1, 0.15) is 19.3 Å². The van der Waals surface area contributed by atoms with E-state index in [1.165, 1.54) is 7.11 Å². The van der Waals surface area contributed by atoms with E-state index in [0.29, 0.717) is 0 Å². The second-order valence-corrected chi connectivity index (χ2v) is 3.11. The molecule has 1 rings (SSSR count). The van der Waals surface area contributed by atoms with Gasteiger partial charge in [-0.1, -0.05) is 0 Å². The summed E-state index contributed by atoms with van der Waals surface area (Å²) >= 11 is 0. The minimum Gasteiger partial charge on any atom is -0.480 e. The zero-order valence-corrected chi connectivity index (χ0v) is 7.45. The fourth-order valence-electron chi connectivity index (χ4n) is 1.00. The first kappa shape index (κ1) is 9.98. The van der Waals surface area contributed by atoms with Crippen LogP contribution < -0.4 is 5.32 Å². The van der Waals surface area contributed by atoms with E-state index in [9.17, 15) is 9.59 Å². The lowest BCUT2D eigenvalue weighted by Crippen LogP contribution is -2.40. The number of carboxylic acids is 1. The van der Waals surface area contributed by atoms with Crippen molar-refractivity contribution in [2.45, 2.75) is 31.3 Å². The predicted octanol–water partition coefficient (Wildman–Crippen LogP) is -0.245. The molecule has 74 valence electrons. The van der Waals surface area contributed by atoms with Crippen molar-refractivity contribution in [3.8, 4) is 0 Å². The normalized spacial score (nSPS) is 17.9. The zero-order valence-electron chi connectivity index (χ0n) is 7.45. The molecule has 0 aliphatic heterocycles. The van der Waals surface area contributed by atoms with Crippen molar-refractivity contribution in [2.24, 2.45) is 0 Å². The molecule has 5 heteroatoms. The summed E-state index contributed by atoms with van der Waals surface area (Å²) in [4.78, 5) is 21.4. The third-order valence-corrected chi connectivity index (χ3v) is 1.91. The van der Waals surface area contributed by atoms with E-state index in [1.54, 1.807) is 0 Å². The van der Waals surface area contributed by atoms with Gasteiger partial charge in [-0.3, -0.25) is 9.59 Å². The average molecular weight is 187 g/mol. The Morgan fingerprint density at radius 2 is 2.23 bits per heavy atom. The molecule has 0 spiro atoms. The lowest BCUT2D eigenvalue weighted by molar-refractivity contribution is -0.147. The maximum atomic E-state index is 10.8. The Hall–Kier alpha value is -1.10. The minimum atomic E-state index is -1.00. The molecule has 0 heterocycles. The minimum absolute atomic E-state index is 0.109. The highest BCUT2D eigenvalue weighted by Gasteiger charge is 2.29. The first-order valence-corrected chi connectivity index (χ1v) is 4.19. The lowest BCUT2D eigenvalue weighted by atomic mass is 10.2. The van der Waals surface area contributed by atoms with Crippen LogP contribution in [0.3, 0.4) is 0 Å². The summed E-state index contributed by atoms with van der Waals surface area (Å²) in [5.41, 5.74) is 0. The standard InChI is InChI=1S/C8H13NO4/c1-13-7(10)4-6(8(11)12)9-5-2-3-5/h5-6,9H,2-4H2,1H3,(H,11,12). The largest absolute Gasteiger partial charge is 0.480 e. The molecule has 0 aromatic carbocycles. The molecule has 0 aromatic rings. The molecule has 0 saturated heterocycles. The predicted molar refractivity (Wildman–Crippen MR) is 44.2 cm³/mol. The Bertz CT molecular complexity index is 212. The fourth-order valence-corrected chi connectivity index (χ4v) is 1.00. The number of hydrogen-bond acceptors (Lipinski definition) is 4. The van der Waals surface area contributed by atoms with Gasteiger partial charge in [0.05, 0.1) is 13.5 Å². The van der Waals surface area contributed by atoms with Crippen LogP contribution >= 0.6 is 0 Å². The van der Waals surface area contributed by atoms with Gasteiger partial charge in [0.25, 0.3) is 0 Å². The molecule has 0 aromatic heterocycles. The Morgan fingerprint density at radius 1 is 1.62 bits per heavy atom. The molecule has 1 aliphatic carbocycles. The van der Waals surface area contributed by atoms with Crippen molar-refractivity contribution < 1.29 is 19.4 Å². The molecule has 0 radical (unpaired) electrons. The smallest absolute Gasteiger partial charge is 0.321 e. The van der Waals surface area contributed by atoms with Crippen molar-refractivity contribution in [1.82, 2.24) is 5.32 Å². The summed E-state index contributed by atoms with van der Waals surface area (Å²) in [5.74, 6) is -1.50. The van der Waals surface area contributed by atoms with Crippen molar-refractivity contribution in [2.75, 3.05) is 7.11 Å². The topological polar surface area (TPSA) is 75.6 Å². The molecule has 5 nitrogen and oxygen atoms in total. The molecule has 1 aliphatic rings. The Balaban J connectivity index is 2.36.